The average molecular weight is 435 g/mol. The van der Waals surface area contributed by atoms with E-state index in [1.807, 2.05) is 51.4 Å². The molecule has 32 heavy (non-hydrogen) atoms. The van der Waals surface area contributed by atoms with Gasteiger partial charge in [-0.05, 0) is 39.7 Å². The fraction of sp³-hybridized carbons (Fsp3) is 0.417. The van der Waals surface area contributed by atoms with Crippen LogP contribution in [0, 0.1) is 0 Å². The third-order valence-corrected chi connectivity index (χ3v) is 5.47. The van der Waals surface area contributed by atoms with Crippen LogP contribution in [0.2, 0.25) is 0 Å². The maximum absolute atomic E-state index is 12.5. The number of amides is 1. The number of ether oxygens (including phenoxy) is 1. The Morgan fingerprint density at radius 3 is 2.47 bits per heavy atom. The summed E-state index contributed by atoms with van der Waals surface area (Å²) < 4.78 is 7.75. The molecule has 0 aliphatic carbocycles. The fourth-order valence-electron chi connectivity index (χ4n) is 3.96. The Balaban J connectivity index is 1.64. The molecule has 1 aromatic carbocycles. The summed E-state index contributed by atoms with van der Waals surface area (Å²) >= 11 is 0. The van der Waals surface area contributed by atoms with E-state index in [1.165, 1.54) is 0 Å². The van der Waals surface area contributed by atoms with Gasteiger partial charge in [0.1, 0.15) is 5.60 Å². The second-order valence-electron chi connectivity index (χ2n) is 8.93. The molecule has 2 aromatic heterocycles. The van der Waals surface area contributed by atoms with Crippen molar-refractivity contribution in [3.8, 4) is 22.6 Å². The third kappa shape index (κ3) is 4.74. The van der Waals surface area contributed by atoms with Crippen molar-refractivity contribution in [2.24, 2.45) is 0 Å². The summed E-state index contributed by atoms with van der Waals surface area (Å²) in [6.07, 6.45) is 5.04. The summed E-state index contributed by atoms with van der Waals surface area (Å²) in [4.78, 5) is 28.0. The molecular weight excluding hydrogens is 404 g/mol. The van der Waals surface area contributed by atoms with Gasteiger partial charge in [-0.2, -0.15) is 0 Å². The molecular formula is C24H30N6O2. The van der Waals surface area contributed by atoms with Crippen molar-refractivity contribution in [1.29, 1.82) is 0 Å². The smallest absolute Gasteiger partial charge is 0.410 e. The second kappa shape index (κ2) is 8.98. The van der Waals surface area contributed by atoms with Crippen molar-refractivity contribution < 1.29 is 9.53 Å². The molecule has 1 aliphatic heterocycles. The van der Waals surface area contributed by atoms with Crippen molar-refractivity contribution >= 4 is 12.0 Å². The number of likely N-dealkylation sites (tertiary alicyclic amines) is 1. The topological polar surface area (TPSA) is 85.2 Å². The van der Waals surface area contributed by atoms with Gasteiger partial charge < -0.3 is 19.5 Å². The van der Waals surface area contributed by atoms with Gasteiger partial charge in [0.2, 0.25) is 5.95 Å². The van der Waals surface area contributed by atoms with E-state index in [2.05, 4.69) is 27.0 Å². The number of piperidine rings is 1. The van der Waals surface area contributed by atoms with Crippen LogP contribution >= 0.6 is 0 Å². The SMILES string of the molecule is CNc1nccc(-c2c(-c3ccccc3)ncn2C2CCN(C(=O)OC(C)(C)C)CC2)n1. The Morgan fingerprint density at radius 1 is 1.09 bits per heavy atom. The van der Waals surface area contributed by atoms with E-state index in [1.54, 1.807) is 18.1 Å². The Labute approximate surface area is 188 Å². The van der Waals surface area contributed by atoms with Gasteiger partial charge in [0.05, 0.1) is 23.4 Å². The molecule has 4 rings (SSSR count). The number of imidazole rings is 1. The van der Waals surface area contributed by atoms with Gasteiger partial charge >= 0.3 is 6.09 Å². The molecule has 1 N–H and O–H groups in total. The van der Waals surface area contributed by atoms with Crippen LogP contribution in [0.4, 0.5) is 10.7 Å². The predicted octanol–water partition coefficient (Wildman–Crippen LogP) is 4.62. The van der Waals surface area contributed by atoms with E-state index in [0.29, 0.717) is 19.0 Å². The summed E-state index contributed by atoms with van der Waals surface area (Å²) in [5.41, 5.74) is 3.22. The minimum absolute atomic E-state index is 0.210. The summed E-state index contributed by atoms with van der Waals surface area (Å²) in [5, 5.41) is 3.01. The quantitative estimate of drug-likeness (QED) is 0.645. The van der Waals surface area contributed by atoms with E-state index >= 15 is 0 Å². The molecule has 1 aliphatic rings. The molecule has 0 atom stereocenters. The zero-order chi connectivity index (χ0) is 22.7. The van der Waals surface area contributed by atoms with E-state index in [0.717, 1.165) is 35.5 Å². The number of nitrogens with zero attached hydrogens (tertiary/aromatic N) is 5. The lowest BCUT2D eigenvalue weighted by atomic mass is 10.0. The van der Waals surface area contributed by atoms with E-state index in [9.17, 15) is 4.79 Å². The first-order valence-electron chi connectivity index (χ1n) is 11.0. The summed E-state index contributed by atoms with van der Waals surface area (Å²) in [5.74, 6) is 0.564. The Bertz CT molecular complexity index is 1070. The monoisotopic (exact) mass is 434 g/mol. The molecule has 3 aromatic rings. The number of anilines is 1. The highest BCUT2D eigenvalue weighted by molar-refractivity contribution is 5.77. The Hall–Kier alpha value is -3.42. The minimum atomic E-state index is -0.492. The highest BCUT2D eigenvalue weighted by atomic mass is 16.6. The van der Waals surface area contributed by atoms with Crippen molar-refractivity contribution in [1.82, 2.24) is 24.4 Å². The van der Waals surface area contributed by atoms with Crippen molar-refractivity contribution in [3.63, 3.8) is 0 Å². The molecule has 1 fully saturated rings. The molecule has 0 spiro atoms. The van der Waals surface area contributed by atoms with Crippen LogP contribution in [0.25, 0.3) is 22.6 Å². The van der Waals surface area contributed by atoms with Crippen LogP contribution in [-0.4, -0.2) is 56.3 Å². The number of carbonyl (C=O) groups is 1. The van der Waals surface area contributed by atoms with E-state index < -0.39 is 5.60 Å². The standard InChI is InChI=1S/C24H30N6O2/c1-24(2,3)32-23(31)29-14-11-18(12-15-29)30-16-27-20(17-8-6-5-7-9-17)21(30)19-10-13-26-22(25-4)28-19/h5-10,13,16,18H,11-12,14-15H2,1-4H3,(H,25,26,28). The maximum Gasteiger partial charge on any atom is 0.410 e. The number of aromatic nitrogens is 4. The summed E-state index contributed by atoms with van der Waals surface area (Å²) in [7, 11) is 1.81. The van der Waals surface area contributed by atoms with Crippen LogP contribution in [0.1, 0.15) is 39.7 Å². The summed E-state index contributed by atoms with van der Waals surface area (Å²) in [6, 6.07) is 12.3. The first kappa shape index (κ1) is 21.8. The van der Waals surface area contributed by atoms with Crippen LogP contribution < -0.4 is 5.32 Å². The van der Waals surface area contributed by atoms with Crippen LogP contribution in [0.15, 0.2) is 48.9 Å². The van der Waals surface area contributed by atoms with Crippen molar-refractivity contribution in [2.45, 2.75) is 45.3 Å². The largest absolute Gasteiger partial charge is 0.444 e. The lowest BCUT2D eigenvalue weighted by Crippen LogP contribution is -2.42. The predicted molar refractivity (Wildman–Crippen MR) is 124 cm³/mol. The number of nitrogens with one attached hydrogen (secondary N) is 1. The Morgan fingerprint density at radius 2 is 1.81 bits per heavy atom. The molecule has 168 valence electrons. The van der Waals surface area contributed by atoms with Gasteiger partial charge in [-0.1, -0.05) is 30.3 Å². The minimum Gasteiger partial charge on any atom is -0.444 e. The molecule has 8 heteroatoms. The highest BCUT2D eigenvalue weighted by Crippen LogP contribution is 2.35. The molecule has 0 saturated carbocycles. The van der Waals surface area contributed by atoms with Gasteiger partial charge in [0.25, 0.3) is 0 Å². The van der Waals surface area contributed by atoms with Crippen LogP contribution in [0.5, 0.6) is 0 Å². The Kier molecular flexibility index (Phi) is 6.12. The third-order valence-electron chi connectivity index (χ3n) is 5.47. The lowest BCUT2D eigenvalue weighted by molar-refractivity contribution is 0.0189. The highest BCUT2D eigenvalue weighted by Gasteiger charge is 2.29. The zero-order valence-electron chi connectivity index (χ0n) is 19.1. The molecule has 8 nitrogen and oxygen atoms in total. The number of rotatable bonds is 4. The average Bonchev–Trinajstić information content (AvgIpc) is 3.24. The maximum atomic E-state index is 12.5. The van der Waals surface area contributed by atoms with E-state index in [4.69, 9.17) is 14.7 Å². The molecule has 1 amide bonds. The number of carbonyl (C=O) groups excluding carboxylic acids is 1. The summed E-state index contributed by atoms with van der Waals surface area (Å²) in [6.45, 7) is 6.96. The molecule has 0 bridgehead atoms. The second-order valence-corrected chi connectivity index (χ2v) is 8.93. The lowest BCUT2D eigenvalue weighted by Gasteiger charge is -2.34. The molecule has 1 saturated heterocycles. The molecule has 0 unspecified atom stereocenters. The van der Waals surface area contributed by atoms with Gasteiger partial charge in [-0.25, -0.2) is 19.7 Å². The van der Waals surface area contributed by atoms with Gasteiger partial charge in [0, 0.05) is 37.9 Å². The first-order chi connectivity index (χ1) is 15.4. The van der Waals surface area contributed by atoms with Gasteiger partial charge in [-0.3, -0.25) is 0 Å². The number of benzene rings is 1. The van der Waals surface area contributed by atoms with Gasteiger partial charge in [-0.15, -0.1) is 0 Å². The zero-order valence-corrected chi connectivity index (χ0v) is 19.1. The van der Waals surface area contributed by atoms with Crippen molar-refractivity contribution in [2.75, 3.05) is 25.5 Å². The van der Waals surface area contributed by atoms with Crippen LogP contribution in [0.3, 0.4) is 0 Å². The van der Waals surface area contributed by atoms with Gasteiger partial charge in [0.15, 0.2) is 0 Å². The molecule has 3 heterocycles. The first-order valence-corrected chi connectivity index (χ1v) is 11.0. The van der Waals surface area contributed by atoms with E-state index in [-0.39, 0.29) is 12.1 Å². The normalized spacial score (nSPS) is 14.9. The number of hydrogen-bond acceptors (Lipinski definition) is 6. The van der Waals surface area contributed by atoms with Crippen LogP contribution in [-0.2, 0) is 4.74 Å². The number of hydrogen-bond donors (Lipinski definition) is 1. The fourth-order valence-corrected chi connectivity index (χ4v) is 3.96. The van der Waals surface area contributed by atoms with Crippen molar-refractivity contribution in [3.05, 3.63) is 48.9 Å². The molecule has 0 radical (unpaired) electrons.